The van der Waals surface area contributed by atoms with Crippen LogP contribution in [0.1, 0.15) is 11.3 Å². The molecule has 0 aliphatic rings. The molecular weight excluding hydrogens is 250 g/mol. The molecule has 0 aliphatic heterocycles. The van der Waals surface area contributed by atoms with Crippen LogP contribution in [-0.2, 0) is 7.05 Å². The summed E-state index contributed by atoms with van der Waals surface area (Å²) >= 11 is 0. The number of nitrogen functional groups attached to an aromatic ring is 1. The second-order valence-electron chi connectivity index (χ2n) is 4.99. The van der Waals surface area contributed by atoms with E-state index in [0.29, 0.717) is 5.82 Å². The number of anilines is 1. The van der Waals surface area contributed by atoms with Crippen LogP contribution in [0.2, 0.25) is 0 Å². The van der Waals surface area contributed by atoms with Gasteiger partial charge in [-0.2, -0.15) is 5.10 Å². The first-order chi connectivity index (χ1) is 9.58. The van der Waals surface area contributed by atoms with Crippen LogP contribution in [0, 0.1) is 13.8 Å². The molecule has 1 aromatic carbocycles. The number of benzene rings is 1. The molecule has 20 heavy (non-hydrogen) atoms. The van der Waals surface area contributed by atoms with Crippen LogP contribution in [0.3, 0.4) is 0 Å². The number of aromatic nitrogens is 2. The molecule has 0 spiro atoms. The second kappa shape index (κ2) is 4.56. The van der Waals surface area contributed by atoms with Gasteiger partial charge in [-0.15, -0.1) is 0 Å². The van der Waals surface area contributed by atoms with E-state index < -0.39 is 0 Å². The fraction of sp³-hybridized carbons (Fsp3) is 0.188. The van der Waals surface area contributed by atoms with Crippen LogP contribution >= 0.6 is 0 Å². The molecule has 2 N–H and O–H groups in total. The van der Waals surface area contributed by atoms with Crippen LogP contribution < -0.4 is 5.73 Å². The van der Waals surface area contributed by atoms with E-state index in [1.54, 1.807) is 10.9 Å². The van der Waals surface area contributed by atoms with Gasteiger partial charge in [-0.1, -0.05) is 24.3 Å². The number of nitrogens with zero attached hydrogens (tertiary/aromatic N) is 2. The molecule has 0 unspecified atom stereocenters. The zero-order chi connectivity index (χ0) is 14.3. The molecular formula is C16H17N3O. The maximum absolute atomic E-state index is 6.22. The first kappa shape index (κ1) is 12.5. The summed E-state index contributed by atoms with van der Waals surface area (Å²) in [6.45, 7) is 4.00. The lowest BCUT2D eigenvalue weighted by Gasteiger charge is -2.06. The number of rotatable bonds is 2. The zero-order valence-electron chi connectivity index (χ0n) is 11.8. The third kappa shape index (κ3) is 1.90. The number of hydrogen-bond acceptors (Lipinski definition) is 3. The number of furan rings is 1. The van der Waals surface area contributed by atoms with Gasteiger partial charge < -0.3 is 10.2 Å². The Labute approximate surface area is 117 Å². The summed E-state index contributed by atoms with van der Waals surface area (Å²) in [5.41, 5.74) is 11.3. The summed E-state index contributed by atoms with van der Waals surface area (Å²) < 4.78 is 7.11. The average Bonchev–Trinajstić information content (AvgIpc) is 2.96. The van der Waals surface area contributed by atoms with Gasteiger partial charge in [0.05, 0.1) is 5.56 Å². The van der Waals surface area contributed by atoms with Crippen molar-refractivity contribution in [3.63, 3.8) is 0 Å². The van der Waals surface area contributed by atoms with Gasteiger partial charge >= 0.3 is 0 Å². The molecule has 2 aromatic heterocycles. The Kier molecular flexibility index (Phi) is 2.86. The largest absolute Gasteiger partial charge is 0.469 e. The Hall–Kier alpha value is -2.49. The molecule has 3 aromatic rings. The minimum Gasteiger partial charge on any atom is -0.469 e. The summed E-state index contributed by atoms with van der Waals surface area (Å²) in [5, 5.41) is 4.54. The highest BCUT2D eigenvalue weighted by molar-refractivity contribution is 5.89. The van der Waals surface area contributed by atoms with Crippen LogP contribution in [-0.4, -0.2) is 9.78 Å². The number of hydrogen-bond donors (Lipinski definition) is 1. The molecule has 0 radical (unpaired) electrons. The Morgan fingerprint density at radius 2 is 1.95 bits per heavy atom. The normalized spacial score (nSPS) is 10.9. The summed E-state index contributed by atoms with van der Waals surface area (Å²) in [5.74, 6) is 1.52. The summed E-state index contributed by atoms with van der Waals surface area (Å²) in [6.07, 6.45) is 1.72. The van der Waals surface area contributed by atoms with Crippen molar-refractivity contribution in [3.8, 4) is 22.4 Å². The fourth-order valence-corrected chi connectivity index (χ4v) is 2.43. The molecule has 0 bridgehead atoms. The van der Waals surface area contributed by atoms with Crippen molar-refractivity contribution in [1.82, 2.24) is 9.78 Å². The van der Waals surface area contributed by atoms with Gasteiger partial charge in [-0.3, -0.25) is 4.68 Å². The van der Waals surface area contributed by atoms with Gasteiger partial charge in [0.15, 0.2) is 0 Å². The molecule has 0 saturated heterocycles. The van der Waals surface area contributed by atoms with E-state index in [1.807, 2.05) is 32.2 Å². The van der Waals surface area contributed by atoms with E-state index in [4.69, 9.17) is 10.2 Å². The van der Waals surface area contributed by atoms with E-state index >= 15 is 0 Å². The van der Waals surface area contributed by atoms with Gasteiger partial charge in [-0.25, -0.2) is 0 Å². The fourth-order valence-electron chi connectivity index (χ4n) is 2.43. The van der Waals surface area contributed by atoms with Crippen LogP contribution in [0.4, 0.5) is 5.82 Å². The maximum Gasteiger partial charge on any atom is 0.129 e. The second-order valence-corrected chi connectivity index (χ2v) is 4.99. The lowest BCUT2D eigenvalue weighted by atomic mass is 9.98. The van der Waals surface area contributed by atoms with Crippen LogP contribution in [0.5, 0.6) is 0 Å². The van der Waals surface area contributed by atoms with Crippen molar-refractivity contribution in [2.24, 2.45) is 7.05 Å². The van der Waals surface area contributed by atoms with Gasteiger partial charge in [0.1, 0.15) is 23.5 Å². The Bertz CT molecular complexity index is 768. The maximum atomic E-state index is 6.22. The van der Waals surface area contributed by atoms with Crippen molar-refractivity contribution in [3.05, 3.63) is 47.9 Å². The van der Waals surface area contributed by atoms with Gasteiger partial charge in [0.25, 0.3) is 0 Å². The zero-order valence-corrected chi connectivity index (χ0v) is 11.8. The highest BCUT2D eigenvalue weighted by Crippen LogP contribution is 2.37. The molecule has 3 rings (SSSR count). The minimum atomic E-state index is 0.660. The third-order valence-corrected chi connectivity index (χ3v) is 3.51. The predicted molar refractivity (Wildman–Crippen MR) is 80.2 cm³/mol. The Morgan fingerprint density at radius 1 is 1.20 bits per heavy atom. The van der Waals surface area contributed by atoms with E-state index in [2.05, 4.69) is 24.2 Å². The van der Waals surface area contributed by atoms with Crippen LogP contribution in [0.15, 0.2) is 41.0 Å². The standard InChI is InChI=1S/C16H17N3O/c1-10-6-4-5-7-13(10)14-15(18-19(3)16(14)17)12-8-11(2)20-9-12/h4-9H,17H2,1-3H3. The first-order valence-corrected chi connectivity index (χ1v) is 6.52. The molecule has 0 aliphatic carbocycles. The number of aryl methyl sites for hydroxylation is 3. The lowest BCUT2D eigenvalue weighted by molar-refractivity contribution is 0.535. The van der Waals surface area contributed by atoms with Gasteiger partial charge in [0.2, 0.25) is 0 Å². The molecule has 0 saturated carbocycles. The van der Waals surface area contributed by atoms with Gasteiger partial charge in [0, 0.05) is 12.6 Å². The van der Waals surface area contributed by atoms with Crippen molar-refractivity contribution >= 4 is 5.82 Å². The van der Waals surface area contributed by atoms with E-state index in [0.717, 1.165) is 28.1 Å². The molecule has 4 nitrogen and oxygen atoms in total. The van der Waals surface area contributed by atoms with Crippen molar-refractivity contribution in [2.75, 3.05) is 5.73 Å². The molecule has 102 valence electrons. The van der Waals surface area contributed by atoms with Gasteiger partial charge in [-0.05, 0) is 31.0 Å². The minimum absolute atomic E-state index is 0.660. The smallest absolute Gasteiger partial charge is 0.129 e. The highest BCUT2D eigenvalue weighted by atomic mass is 16.3. The predicted octanol–water partition coefficient (Wildman–Crippen LogP) is 3.55. The molecule has 2 heterocycles. The van der Waals surface area contributed by atoms with E-state index in [9.17, 15) is 0 Å². The summed E-state index contributed by atoms with van der Waals surface area (Å²) in [7, 11) is 1.85. The van der Waals surface area contributed by atoms with Crippen molar-refractivity contribution in [1.29, 1.82) is 0 Å². The summed E-state index contributed by atoms with van der Waals surface area (Å²) in [6, 6.07) is 10.2. The number of nitrogens with two attached hydrogens (primary N) is 1. The molecule has 4 heteroatoms. The Morgan fingerprint density at radius 3 is 2.60 bits per heavy atom. The molecule has 0 fully saturated rings. The SMILES string of the molecule is Cc1cc(-c2nn(C)c(N)c2-c2ccccc2C)co1. The Balaban J connectivity index is 2.28. The monoisotopic (exact) mass is 267 g/mol. The van der Waals surface area contributed by atoms with Crippen molar-refractivity contribution < 1.29 is 4.42 Å². The average molecular weight is 267 g/mol. The third-order valence-electron chi connectivity index (χ3n) is 3.51. The van der Waals surface area contributed by atoms with E-state index in [-0.39, 0.29) is 0 Å². The lowest BCUT2D eigenvalue weighted by Crippen LogP contribution is -1.98. The summed E-state index contributed by atoms with van der Waals surface area (Å²) in [4.78, 5) is 0. The van der Waals surface area contributed by atoms with E-state index in [1.165, 1.54) is 5.56 Å². The molecule has 0 amide bonds. The van der Waals surface area contributed by atoms with Crippen molar-refractivity contribution in [2.45, 2.75) is 13.8 Å². The quantitative estimate of drug-likeness (QED) is 0.772. The molecule has 0 atom stereocenters. The highest BCUT2D eigenvalue weighted by Gasteiger charge is 2.19. The van der Waals surface area contributed by atoms with Crippen LogP contribution in [0.25, 0.3) is 22.4 Å². The first-order valence-electron chi connectivity index (χ1n) is 6.52. The topological polar surface area (TPSA) is 57.0 Å².